The van der Waals surface area contributed by atoms with Gasteiger partial charge >= 0.3 is 6.18 Å². The van der Waals surface area contributed by atoms with Crippen LogP contribution >= 0.6 is 0 Å². The van der Waals surface area contributed by atoms with Gasteiger partial charge < -0.3 is 30.6 Å². The number of hydrogen-bond acceptors (Lipinski definition) is 5. The topological polar surface area (TPSA) is 84.5 Å². The summed E-state index contributed by atoms with van der Waals surface area (Å²) in [7, 11) is 5.65. The molecule has 10 heteroatoms. The number of methoxy groups -OCH3 is 1. The van der Waals surface area contributed by atoms with Gasteiger partial charge in [-0.2, -0.15) is 13.2 Å². The summed E-state index contributed by atoms with van der Waals surface area (Å²) < 4.78 is 47.1. The van der Waals surface area contributed by atoms with Crippen molar-refractivity contribution in [1.29, 1.82) is 0 Å². The number of amides is 1. The molecule has 0 atom stereocenters. The Hall–Kier alpha value is -3.84. The van der Waals surface area contributed by atoms with Crippen molar-refractivity contribution in [1.82, 2.24) is 9.47 Å². The maximum atomic E-state index is 13.5. The molecule has 0 saturated heterocycles. The smallest absolute Gasteiger partial charge is 0.406 e. The molecule has 208 valence electrons. The molecule has 7 nitrogen and oxygen atoms in total. The van der Waals surface area contributed by atoms with Crippen LogP contribution in [0.1, 0.15) is 41.7 Å². The Morgan fingerprint density at radius 3 is 2.51 bits per heavy atom. The fraction of sp³-hybridized carbons (Fsp3) is 0.414. The molecule has 0 radical (unpaired) electrons. The molecule has 2 aromatic carbocycles. The number of nitrogens with one attached hydrogen (secondary N) is 2. The van der Waals surface area contributed by atoms with Gasteiger partial charge in [-0.1, -0.05) is 12.0 Å². The van der Waals surface area contributed by atoms with Gasteiger partial charge in [0.15, 0.2) is 0 Å². The van der Waals surface area contributed by atoms with Crippen molar-refractivity contribution < 1.29 is 22.7 Å². The first-order valence-electron chi connectivity index (χ1n) is 12.9. The van der Waals surface area contributed by atoms with Gasteiger partial charge in [0, 0.05) is 28.7 Å². The van der Waals surface area contributed by atoms with Crippen LogP contribution in [-0.2, 0) is 6.54 Å². The van der Waals surface area contributed by atoms with E-state index in [0.717, 1.165) is 36.8 Å². The molecule has 4 rings (SSSR count). The predicted molar refractivity (Wildman–Crippen MR) is 148 cm³/mol. The molecule has 1 heterocycles. The van der Waals surface area contributed by atoms with Gasteiger partial charge in [0.05, 0.1) is 30.6 Å². The van der Waals surface area contributed by atoms with Gasteiger partial charge in [-0.15, -0.1) is 0 Å². The van der Waals surface area contributed by atoms with Crippen molar-refractivity contribution in [3.05, 3.63) is 53.7 Å². The number of halogens is 3. The van der Waals surface area contributed by atoms with E-state index < -0.39 is 18.6 Å². The number of nitrogens with zero attached hydrogens (tertiary/aromatic N) is 2. The zero-order valence-corrected chi connectivity index (χ0v) is 22.4. The Kier molecular flexibility index (Phi) is 8.60. The van der Waals surface area contributed by atoms with Crippen LogP contribution < -0.4 is 21.1 Å². The Morgan fingerprint density at radius 1 is 1.13 bits per heavy atom. The first-order valence-corrected chi connectivity index (χ1v) is 12.9. The Bertz CT molecular complexity index is 1380. The number of rotatable bonds is 8. The van der Waals surface area contributed by atoms with Crippen LogP contribution in [0.25, 0.3) is 10.9 Å². The summed E-state index contributed by atoms with van der Waals surface area (Å²) in [6.45, 7) is -0.978. The van der Waals surface area contributed by atoms with Gasteiger partial charge in [0.2, 0.25) is 5.91 Å². The van der Waals surface area contributed by atoms with Crippen LogP contribution in [0, 0.1) is 11.8 Å². The highest BCUT2D eigenvalue weighted by Gasteiger charge is 2.30. The third kappa shape index (κ3) is 6.98. The standard InChI is InChI=1S/C29H34F3N5O2/c1-36(2)21-12-10-20(11-13-21)35-24-7-4-8-26-23(24)17-22(37(26)18-29(30,31)32)6-5-15-34-25-14-9-19(28(33)38)16-27(25)39-3/h4,7-9,14,16-17,20-21,34-35H,10-13,15,18H2,1-3H3,(H2,33,38). The molecule has 3 aromatic rings. The van der Waals surface area contributed by atoms with E-state index in [4.69, 9.17) is 10.5 Å². The number of alkyl halides is 3. The largest absolute Gasteiger partial charge is 0.495 e. The second kappa shape index (κ2) is 11.9. The van der Waals surface area contributed by atoms with Crippen LogP contribution in [0.15, 0.2) is 42.5 Å². The van der Waals surface area contributed by atoms with Crippen molar-refractivity contribution in [2.45, 2.75) is 50.5 Å². The average Bonchev–Trinajstić information content (AvgIpc) is 3.23. The molecule has 39 heavy (non-hydrogen) atoms. The summed E-state index contributed by atoms with van der Waals surface area (Å²) in [6, 6.07) is 12.7. The van der Waals surface area contributed by atoms with Gasteiger partial charge in [-0.3, -0.25) is 4.79 Å². The van der Waals surface area contributed by atoms with Crippen molar-refractivity contribution >= 4 is 28.2 Å². The van der Waals surface area contributed by atoms with E-state index in [1.165, 1.54) is 17.7 Å². The fourth-order valence-electron chi connectivity index (χ4n) is 5.08. The van der Waals surface area contributed by atoms with Crippen molar-refractivity contribution in [3.63, 3.8) is 0 Å². The fourth-order valence-corrected chi connectivity index (χ4v) is 5.08. The van der Waals surface area contributed by atoms with Crippen LogP contribution in [0.5, 0.6) is 5.75 Å². The van der Waals surface area contributed by atoms with E-state index >= 15 is 0 Å². The second-order valence-corrected chi connectivity index (χ2v) is 10.0. The highest BCUT2D eigenvalue weighted by Crippen LogP contribution is 2.32. The summed E-state index contributed by atoms with van der Waals surface area (Å²) in [5.74, 6) is 5.67. The minimum Gasteiger partial charge on any atom is -0.495 e. The van der Waals surface area contributed by atoms with Crippen molar-refractivity contribution in [2.75, 3.05) is 38.4 Å². The molecule has 1 aromatic heterocycles. The quantitative estimate of drug-likeness (QED) is 0.347. The molecule has 0 spiro atoms. The Labute approximate surface area is 226 Å². The number of primary amides is 1. The summed E-state index contributed by atoms with van der Waals surface area (Å²) in [5.41, 5.74) is 7.79. The maximum Gasteiger partial charge on any atom is 0.406 e. The summed E-state index contributed by atoms with van der Waals surface area (Å²) >= 11 is 0. The third-order valence-corrected chi connectivity index (χ3v) is 7.14. The Morgan fingerprint density at radius 2 is 1.87 bits per heavy atom. The number of ether oxygens (including phenoxy) is 1. The highest BCUT2D eigenvalue weighted by molar-refractivity contribution is 5.94. The van der Waals surface area contributed by atoms with E-state index in [9.17, 15) is 18.0 Å². The summed E-state index contributed by atoms with van der Waals surface area (Å²) in [5, 5.41) is 7.38. The maximum absolute atomic E-state index is 13.5. The van der Waals surface area contributed by atoms with Crippen LogP contribution in [0.4, 0.5) is 24.5 Å². The van der Waals surface area contributed by atoms with Gasteiger partial charge in [-0.05, 0) is 82.1 Å². The molecule has 0 unspecified atom stereocenters. The lowest BCUT2D eigenvalue weighted by Crippen LogP contribution is -2.36. The van der Waals surface area contributed by atoms with Crippen LogP contribution in [-0.4, -0.2) is 61.4 Å². The van der Waals surface area contributed by atoms with Crippen LogP contribution in [0.3, 0.4) is 0 Å². The third-order valence-electron chi connectivity index (χ3n) is 7.14. The molecule has 4 N–H and O–H groups in total. The van der Waals surface area contributed by atoms with Crippen LogP contribution in [0.2, 0.25) is 0 Å². The van der Waals surface area contributed by atoms with E-state index in [1.54, 1.807) is 30.3 Å². The highest BCUT2D eigenvalue weighted by atomic mass is 19.4. The van der Waals surface area contributed by atoms with Gasteiger partial charge in [-0.25, -0.2) is 0 Å². The number of anilines is 2. The van der Waals surface area contributed by atoms with Crippen molar-refractivity contribution in [3.8, 4) is 17.6 Å². The second-order valence-electron chi connectivity index (χ2n) is 10.0. The van der Waals surface area contributed by atoms with E-state index in [2.05, 4.69) is 41.5 Å². The van der Waals surface area contributed by atoms with E-state index in [-0.39, 0.29) is 18.3 Å². The number of benzene rings is 2. The number of hydrogen-bond donors (Lipinski definition) is 3. The number of aromatic nitrogens is 1. The van der Waals surface area contributed by atoms with Crippen molar-refractivity contribution in [2.24, 2.45) is 5.73 Å². The lowest BCUT2D eigenvalue weighted by Gasteiger charge is -2.33. The monoisotopic (exact) mass is 541 g/mol. The molecule has 1 fully saturated rings. The minimum absolute atomic E-state index is 0.153. The Balaban J connectivity index is 1.56. The SMILES string of the molecule is COc1cc(C(N)=O)ccc1NCC#Cc1cc2c(NC3CCC(N(C)C)CC3)cccc2n1CC(F)(F)F. The summed E-state index contributed by atoms with van der Waals surface area (Å²) in [6.07, 6.45) is -0.232. The molecule has 0 aliphatic heterocycles. The van der Waals surface area contributed by atoms with E-state index in [1.807, 2.05) is 6.07 Å². The minimum atomic E-state index is -4.40. The van der Waals surface area contributed by atoms with E-state index in [0.29, 0.717) is 28.6 Å². The van der Waals surface area contributed by atoms with Gasteiger partial charge in [0.1, 0.15) is 12.3 Å². The number of nitrogens with two attached hydrogens (primary N) is 1. The lowest BCUT2D eigenvalue weighted by atomic mass is 9.90. The molecule has 0 bridgehead atoms. The molecular weight excluding hydrogens is 507 g/mol. The molecular formula is C29H34F3N5O2. The molecule has 1 aliphatic carbocycles. The molecule has 1 aliphatic rings. The summed E-state index contributed by atoms with van der Waals surface area (Å²) in [4.78, 5) is 13.7. The first kappa shape index (κ1) is 28.2. The van der Waals surface area contributed by atoms with Gasteiger partial charge in [0.25, 0.3) is 0 Å². The average molecular weight is 542 g/mol. The number of fused-ring (bicyclic) bond motifs is 1. The first-order chi connectivity index (χ1) is 18.6. The molecule has 1 amide bonds. The number of carbonyl (C=O) groups excluding carboxylic acids is 1. The molecule has 1 saturated carbocycles. The zero-order chi connectivity index (χ0) is 28.2. The number of carbonyl (C=O) groups is 1. The normalized spacial score (nSPS) is 17.5. The predicted octanol–water partition coefficient (Wildman–Crippen LogP) is 5.06. The zero-order valence-electron chi connectivity index (χ0n) is 22.4. The lowest BCUT2D eigenvalue weighted by molar-refractivity contribution is -0.140.